The Balaban J connectivity index is 0.000000675. The van der Waals surface area contributed by atoms with Gasteiger partial charge in [0, 0.05) is 17.2 Å². The van der Waals surface area contributed by atoms with E-state index in [4.69, 9.17) is 0 Å². The van der Waals surface area contributed by atoms with Crippen LogP contribution < -0.4 is 5.32 Å². The highest BCUT2D eigenvalue weighted by atomic mass is 16.5. The van der Waals surface area contributed by atoms with Crippen LogP contribution in [-0.4, -0.2) is 68.2 Å². The molecular formula is C24H27NO8. The van der Waals surface area contributed by atoms with Gasteiger partial charge in [-0.3, -0.25) is 9.59 Å². The minimum Gasteiger partial charge on any atom is -0.479 e. The van der Waals surface area contributed by atoms with E-state index >= 15 is 0 Å². The van der Waals surface area contributed by atoms with Gasteiger partial charge in [-0.25, -0.2) is 9.59 Å². The van der Waals surface area contributed by atoms with Gasteiger partial charge in [0.15, 0.2) is 0 Å². The van der Waals surface area contributed by atoms with Crippen LogP contribution in [0.25, 0.3) is 0 Å². The molecule has 2 aromatic carbocycles. The van der Waals surface area contributed by atoms with E-state index in [9.17, 15) is 39.6 Å². The summed E-state index contributed by atoms with van der Waals surface area (Å²) in [6.07, 6.45) is 2.97. The molecule has 5 N–H and O–H groups in total. The average Bonchev–Trinajstić information content (AvgIpc) is 2.83. The Morgan fingerprint density at radius 1 is 0.848 bits per heavy atom. The summed E-state index contributed by atoms with van der Waals surface area (Å²) in [4.78, 5) is 48.5. The van der Waals surface area contributed by atoms with Crippen LogP contribution in [0.1, 0.15) is 34.1 Å². The minimum absolute atomic E-state index is 0.391. The van der Waals surface area contributed by atoms with Crippen molar-refractivity contribution in [2.45, 2.75) is 30.6 Å². The lowest BCUT2D eigenvalue weighted by Gasteiger charge is -2.34. The zero-order chi connectivity index (χ0) is 25.2. The van der Waals surface area contributed by atoms with Crippen molar-refractivity contribution in [3.63, 3.8) is 0 Å². The Labute approximate surface area is 191 Å². The van der Waals surface area contributed by atoms with Crippen molar-refractivity contribution in [2.75, 3.05) is 7.05 Å². The topological polar surface area (TPSA) is 161 Å². The number of aliphatic carboxylic acids is 2. The zero-order valence-corrected chi connectivity index (χ0v) is 18.3. The highest BCUT2D eigenvalue weighted by Crippen LogP contribution is 2.31. The lowest BCUT2D eigenvalue weighted by Crippen LogP contribution is -2.71. The Kier molecular flexibility index (Phi) is 9.80. The summed E-state index contributed by atoms with van der Waals surface area (Å²) in [6, 6.07) is 13.4. The molecule has 0 saturated heterocycles. The van der Waals surface area contributed by atoms with Crippen LogP contribution in [-0.2, 0) is 9.59 Å². The largest absolute Gasteiger partial charge is 0.479 e. The normalized spacial score (nSPS) is 14.9. The van der Waals surface area contributed by atoms with Crippen molar-refractivity contribution in [1.29, 1.82) is 0 Å². The first kappa shape index (κ1) is 27.4. The van der Waals surface area contributed by atoms with Crippen molar-refractivity contribution in [3.05, 3.63) is 84.4 Å². The Hall–Kier alpha value is -3.66. The summed E-state index contributed by atoms with van der Waals surface area (Å²) in [6.45, 7) is 5.74. The fourth-order valence-electron chi connectivity index (χ4n) is 2.80. The number of ketones is 2. The molecule has 0 aliphatic heterocycles. The molecule has 176 valence electrons. The van der Waals surface area contributed by atoms with Gasteiger partial charge in [0.25, 0.3) is 11.2 Å². The second-order valence-electron chi connectivity index (χ2n) is 7.14. The molecule has 0 amide bonds. The molecule has 0 fully saturated rings. The van der Waals surface area contributed by atoms with Crippen molar-refractivity contribution in [1.82, 2.24) is 5.32 Å². The molecule has 2 aromatic rings. The SMILES string of the molecule is C=CC[C@@H](C)NC.O=C(O)C(O)(C(=O)c1ccccc1)C(O)(C(=O)O)C(=O)c1ccccc1. The third kappa shape index (κ3) is 5.78. The quantitative estimate of drug-likeness (QED) is 0.202. The number of carbonyl (C=O) groups excluding carboxylic acids is 2. The number of carboxylic acid groups (broad SMARTS) is 2. The third-order valence-corrected chi connectivity index (χ3v) is 4.88. The smallest absolute Gasteiger partial charge is 0.348 e. The van der Waals surface area contributed by atoms with Gasteiger partial charge in [0.2, 0.25) is 11.6 Å². The van der Waals surface area contributed by atoms with Crippen molar-refractivity contribution in [3.8, 4) is 0 Å². The van der Waals surface area contributed by atoms with Crippen LogP contribution >= 0.6 is 0 Å². The van der Waals surface area contributed by atoms with Crippen LogP contribution in [0.2, 0.25) is 0 Å². The standard InChI is InChI=1S/C18H14O8.C6H13N/c19-13(11-7-3-1-4-8-11)17(25,15(21)22)18(26,16(23)24)14(20)12-9-5-2-6-10-12;1-4-5-6(2)7-3/h1-10,25-26H,(H,21,22)(H,23,24);4,6-7H,1,5H2,2-3H3/t;6-/m.1/s1. The molecule has 0 aromatic heterocycles. The van der Waals surface area contributed by atoms with Crippen molar-refractivity contribution in [2.24, 2.45) is 0 Å². The van der Waals surface area contributed by atoms with Crippen LogP contribution in [0.5, 0.6) is 0 Å². The zero-order valence-electron chi connectivity index (χ0n) is 18.3. The van der Waals surface area contributed by atoms with Gasteiger partial charge >= 0.3 is 11.9 Å². The molecule has 0 bridgehead atoms. The molecule has 0 heterocycles. The van der Waals surface area contributed by atoms with Gasteiger partial charge in [-0.15, -0.1) is 6.58 Å². The van der Waals surface area contributed by atoms with E-state index < -0.39 is 45.8 Å². The Bertz CT molecular complexity index is 919. The molecule has 33 heavy (non-hydrogen) atoms. The number of Topliss-reactive ketones (excluding diaryl/α,β-unsaturated/α-hetero) is 2. The summed E-state index contributed by atoms with van der Waals surface area (Å²) in [7, 11) is 1.95. The molecule has 9 heteroatoms. The number of benzene rings is 2. The van der Waals surface area contributed by atoms with Gasteiger partial charge in [-0.2, -0.15) is 0 Å². The van der Waals surface area contributed by atoms with Gasteiger partial charge in [0.1, 0.15) is 0 Å². The van der Waals surface area contributed by atoms with E-state index in [0.29, 0.717) is 6.04 Å². The maximum atomic E-state index is 12.6. The van der Waals surface area contributed by atoms with Gasteiger partial charge in [-0.1, -0.05) is 66.7 Å². The number of carbonyl (C=O) groups is 4. The van der Waals surface area contributed by atoms with E-state index in [1.165, 1.54) is 36.4 Å². The van der Waals surface area contributed by atoms with Crippen LogP contribution in [0.3, 0.4) is 0 Å². The first-order chi connectivity index (χ1) is 15.5. The highest BCUT2D eigenvalue weighted by molar-refractivity contribution is 6.28. The number of hydrogen-bond acceptors (Lipinski definition) is 7. The fraction of sp³-hybridized carbons (Fsp3) is 0.250. The third-order valence-electron chi connectivity index (χ3n) is 4.88. The second kappa shape index (κ2) is 11.8. The predicted molar refractivity (Wildman–Crippen MR) is 120 cm³/mol. The number of hydrogen-bond donors (Lipinski definition) is 5. The molecule has 0 radical (unpaired) electrons. The molecule has 0 aliphatic rings. The lowest BCUT2D eigenvalue weighted by atomic mass is 9.73. The first-order valence-corrected chi connectivity index (χ1v) is 9.87. The van der Waals surface area contributed by atoms with E-state index in [1.807, 2.05) is 13.1 Å². The fourth-order valence-corrected chi connectivity index (χ4v) is 2.80. The maximum Gasteiger partial charge on any atom is 0.348 e. The molecule has 3 atom stereocenters. The number of aliphatic hydroxyl groups is 2. The lowest BCUT2D eigenvalue weighted by molar-refractivity contribution is -0.187. The molecular weight excluding hydrogens is 430 g/mol. The predicted octanol–water partition coefficient (Wildman–Crippen LogP) is 1.55. The Morgan fingerprint density at radius 2 is 1.18 bits per heavy atom. The summed E-state index contributed by atoms with van der Waals surface area (Å²) in [5.41, 5.74) is -8.68. The van der Waals surface area contributed by atoms with Crippen LogP contribution in [0, 0.1) is 0 Å². The maximum absolute atomic E-state index is 12.6. The monoisotopic (exact) mass is 457 g/mol. The second-order valence-corrected chi connectivity index (χ2v) is 7.14. The van der Waals surface area contributed by atoms with E-state index in [-0.39, 0.29) is 0 Å². The van der Waals surface area contributed by atoms with E-state index in [1.54, 1.807) is 0 Å². The molecule has 9 nitrogen and oxygen atoms in total. The molecule has 0 saturated carbocycles. The molecule has 0 spiro atoms. The molecule has 2 rings (SSSR count). The summed E-state index contributed by atoms with van der Waals surface area (Å²) >= 11 is 0. The molecule has 0 aliphatic carbocycles. The summed E-state index contributed by atoms with van der Waals surface area (Å²) in [5.74, 6) is -8.03. The average molecular weight is 457 g/mol. The Morgan fingerprint density at radius 3 is 1.39 bits per heavy atom. The molecule has 2 unspecified atom stereocenters. The van der Waals surface area contributed by atoms with E-state index in [0.717, 1.165) is 30.7 Å². The van der Waals surface area contributed by atoms with E-state index in [2.05, 4.69) is 18.8 Å². The minimum atomic E-state index is -3.95. The van der Waals surface area contributed by atoms with Crippen LogP contribution in [0.15, 0.2) is 73.3 Å². The van der Waals surface area contributed by atoms with Gasteiger partial charge < -0.3 is 25.7 Å². The first-order valence-electron chi connectivity index (χ1n) is 9.87. The number of carboxylic acids is 2. The summed E-state index contributed by atoms with van der Waals surface area (Å²) in [5, 5.41) is 43.0. The number of rotatable bonds is 10. The van der Waals surface area contributed by atoms with Gasteiger partial charge in [-0.05, 0) is 20.4 Å². The van der Waals surface area contributed by atoms with Crippen LogP contribution in [0.4, 0.5) is 0 Å². The number of nitrogens with one attached hydrogen (secondary N) is 1. The van der Waals surface area contributed by atoms with Crippen molar-refractivity contribution >= 4 is 23.5 Å². The van der Waals surface area contributed by atoms with Crippen molar-refractivity contribution < 1.29 is 39.6 Å². The van der Waals surface area contributed by atoms with Gasteiger partial charge in [0.05, 0.1) is 0 Å². The summed E-state index contributed by atoms with van der Waals surface area (Å²) < 4.78 is 0. The highest BCUT2D eigenvalue weighted by Gasteiger charge is 2.69.